The zero-order valence-electron chi connectivity index (χ0n) is 14.1. The topological polar surface area (TPSA) is 67.4 Å². The first kappa shape index (κ1) is 17.5. The molecule has 0 bridgehead atoms. The van der Waals surface area contributed by atoms with Gasteiger partial charge in [0.2, 0.25) is 0 Å². The summed E-state index contributed by atoms with van der Waals surface area (Å²) >= 11 is 0. The molecule has 0 unspecified atom stereocenters. The summed E-state index contributed by atoms with van der Waals surface area (Å²) in [7, 11) is 0. The molecule has 0 saturated carbocycles. The molecule has 2 aromatic carbocycles. The molecule has 2 amide bonds. The fourth-order valence-electron chi connectivity index (χ4n) is 2.30. The lowest BCUT2D eigenvalue weighted by Crippen LogP contribution is -2.15. The van der Waals surface area contributed by atoms with Gasteiger partial charge in [-0.1, -0.05) is 32.0 Å². The molecule has 2 aromatic rings. The number of ether oxygens (including phenoxy) is 1. The van der Waals surface area contributed by atoms with Gasteiger partial charge in [0, 0.05) is 16.9 Å². The van der Waals surface area contributed by atoms with Gasteiger partial charge in [-0.2, -0.15) is 0 Å². The van der Waals surface area contributed by atoms with Crippen LogP contribution in [0.3, 0.4) is 0 Å². The molecule has 2 N–H and O–H groups in total. The number of hydrogen-bond donors (Lipinski definition) is 2. The Morgan fingerprint density at radius 3 is 2.29 bits per heavy atom. The van der Waals surface area contributed by atoms with Gasteiger partial charge >= 0.3 is 6.09 Å². The van der Waals surface area contributed by atoms with Crippen LogP contribution < -0.4 is 10.6 Å². The summed E-state index contributed by atoms with van der Waals surface area (Å²) in [6.07, 6.45) is -0.513. The third kappa shape index (κ3) is 4.59. The predicted molar refractivity (Wildman–Crippen MR) is 95.6 cm³/mol. The average molecular weight is 326 g/mol. The summed E-state index contributed by atoms with van der Waals surface area (Å²) in [6, 6.07) is 14.4. The summed E-state index contributed by atoms with van der Waals surface area (Å²) in [5, 5.41) is 5.53. The Kier molecular flexibility index (Phi) is 5.95. The molecule has 5 heteroatoms. The highest BCUT2D eigenvalue weighted by molar-refractivity contribution is 6.05. The standard InChI is InChI=1S/C19H22N2O3/c1-4-24-19(23)20-15-11-9-14(10-12-15)18(22)21-17-8-6-5-7-16(17)13(2)3/h5-13H,4H2,1-3H3,(H,20,23)(H,21,22). The molecule has 0 spiro atoms. The van der Waals surface area contributed by atoms with Crippen LogP contribution in [0, 0.1) is 0 Å². The minimum absolute atomic E-state index is 0.189. The second-order valence-electron chi connectivity index (χ2n) is 5.62. The van der Waals surface area contributed by atoms with Crippen LogP contribution in [-0.2, 0) is 4.74 Å². The molecule has 0 aromatic heterocycles. The normalized spacial score (nSPS) is 10.3. The van der Waals surface area contributed by atoms with Gasteiger partial charge in [-0.3, -0.25) is 10.1 Å². The van der Waals surface area contributed by atoms with Crippen LogP contribution in [0.15, 0.2) is 48.5 Å². The Morgan fingerprint density at radius 2 is 1.67 bits per heavy atom. The minimum atomic E-state index is -0.513. The van der Waals surface area contributed by atoms with Gasteiger partial charge < -0.3 is 10.1 Å². The van der Waals surface area contributed by atoms with Crippen molar-refractivity contribution in [3.8, 4) is 0 Å². The van der Waals surface area contributed by atoms with Crippen molar-refractivity contribution in [3.05, 3.63) is 59.7 Å². The van der Waals surface area contributed by atoms with Gasteiger partial charge in [0.25, 0.3) is 5.91 Å². The van der Waals surface area contributed by atoms with E-state index in [9.17, 15) is 9.59 Å². The van der Waals surface area contributed by atoms with Crippen molar-refractivity contribution in [2.75, 3.05) is 17.2 Å². The van der Waals surface area contributed by atoms with Crippen molar-refractivity contribution in [1.82, 2.24) is 0 Å². The van der Waals surface area contributed by atoms with Gasteiger partial charge in [0.05, 0.1) is 6.61 Å². The summed E-state index contributed by atoms with van der Waals surface area (Å²) in [5.74, 6) is 0.128. The molecular formula is C19H22N2O3. The molecule has 0 radical (unpaired) electrons. The predicted octanol–water partition coefficient (Wildman–Crippen LogP) is 4.63. The number of para-hydroxylation sites is 1. The van der Waals surface area contributed by atoms with Gasteiger partial charge in [-0.15, -0.1) is 0 Å². The van der Waals surface area contributed by atoms with Gasteiger partial charge in [0.15, 0.2) is 0 Å². The first-order valence-corrected chi connectivity index (χ1v) is 7.95. The molecule has 126 valence electrons. The summed E-state index contributed by atoms with van der Waals surface area (Å²) in [6.45, 7) is 6.21. The molecule has 5 nitrogen and oxygen atoms in total. The van der Waals surface area contributed by atoms with E-state index in [0.717, 1.165) is 11.3 Å². The highest BCUT2D eigenvalue weighted by atomic mass is 16.5. The van der Waals surface area contributed by atoms with Crippen molar-refractivity contribution >= 4 is 23.4 Å². The Labute approximate surface area is 142 Å². The van der Waals surface area contributed by atoms with Crippen molar-refractivity contribution in [3.63, 3.8) is 0 Å². The fraction of sp³-hybridized carbons (Fsp3) is 0.263. The Bertz CT molecular complexity index is 709. The van der Waals surface area contributed by atoms with Crippen molar-refractivity contribution < 1.29 is 14.3 Å². The zero-order valence-corrected chi connectivity index (χ0v) is 14.1. The van der Waals surface area contributed by atoms with Crippen LogP contribution in [0.5, 0.6) is 0 Å². The molecule has 2 rings (SSSR count). The highest BCUT2D eigenvalue weighted by Crippen LogP contribution is 2.24. The average Bonchev–Trinajstić information content (AvgIpc) is 2.56. The van der Waals surface area contributed by atoms with Gasteiger partial charge in [-0.25, -0.2) is 4.79 Å². The SMILES string of the molecule is CCOC(=O)Nc1ccc(C(=O)Nc2ccccc2C(C)C)cc1. The largest absolute Gasteiger partial charge is 0.450 e. The van der Waals surface area contributed by atoms with E-state index in [-0.39, 0.29) is 5.91 Å². The summed E-state index contributed by atoms with van der Waals surface area (Å²) < 4.78 is 4.81. The number of carbonyl (C=O) groups excluding carboxylic acids is 2. The minimum Gasteiger partial charge on any atom is -0.450 e. The number of benzene rings is 2. The number of rotatable bonds is 5. The van der Waals surface area contributed by atoms with Crippen LogP contribution in [-0.4, -0.2) is 18.6 Å². The number of anilines is 2. The molecule has 0 atom stereocenters. The van der Waals surface area contributed by atoms with Crippen LogP contribution in [0.4, 0.5) is 16.2 Å². The first-order chi connectivity index (χ1) is 11.5. The van der Waals surface area contributed by atoms with E-state index in [1.807, 2.05) is 24.3 Å². The third-order valence-electron chi connectivity index (χ3n) is 3.50. The second-order valence-corrected chi connectivity index (χ2v) is 5.62. The van der Waals surface area contributed by atoms with E-state index in [1.54, 1.807) is 31.2 Å². The number of hydrogen-bond acceptors (Lipinski definition) is 3. The van der Waals surface area contributed by atoms with Crippen molar-refractivity contribution in [2.45, 2.75) is 26.7 Å². The monoisotopic (exact) mass is 326 g/mol. The zero-order chi connectivity index (χ0) is 17.5. The molecule has 24 heavy (non-hydrogen) atoms. The molecule has 0 aliphatic rings. The quantitative estimate of drug-likeness (QED) is 0.841. The lowest BCUT2D eigenvalue weighted by Gasteiger charge is -2.13. The fourth-order valence-corrected chi connectivity index (χ4v) is 2.30. The Morgan fingerprint density at radius 1 is 1.00 bits per heavy atom. The Hall–Kier alpha value is -2.82. The van der Waals surface area contributed by atoms with E-state index >= 15 is 0 Å². The summed E-state index contributed by atoms with van der Waals surface area (Å²) in [5.41, 5.74) is 2.99. The Balaban J connectivity index is 2.07. The van der Waals surface area contributed by atoms with Crippen LogP contribution in [0.25, 0.3) is 0 Å². The molecule has 0 heterocycles. The number of nitrogens with one attached hydrogen (secondary N) is 2. The number of amides is 2. The first-order valence-electron chi connectivity index (χ1n) is 7.95. The highest BCUT2D eigenvalue weighted by Gasteiger charge is 2.11. The van der Waals surface area contributed by atoms with Crippen LogP contribution >= 0.6 is 0 Å². The van der Waals surface area contributed by atoms with Gasteiger partial charge in [0.1, 0.15) is 0 Å². The molecule has 0 fully saturated rings. The molecule has 0 saturated heterocycles. The van der Waals surface area contributed by atoms with Crippen LogP contribution in [0.2, 0.25) is 0 Å². The van der Waals surface area contributed by atoms with E-state index in [4.69, 9.17) is 4.74 Å². The smallest absolute Gasteiger partial charge is 0.411 e. The maximum atomic E-state index is 12.4. The van der Waals surface area contributed by atoms with Crippen LogP contribution in [0.1, 0.15) is 42.6 Å². The lowest BCUT2D eigenvalue weighted by molar-refractivity contribution is 0.102. The second kappa shape index (κ2) is 8.15. The maximum Gasteiger partial charge on any atom is 0.411 e. The van der Waals surface area contributed by atoms with Crippen molar-refractivity contribution in [2.24, 2.45) is 0 Å². The summed E-state index contributed by atoms with van der Waals surface area (Å²) in [4.78, 5) is 23.8. The third-order valence-corrected chi connectivity index (χ3v) is 3.50. The van der Waals surface area contributed by atoms with Gasteiger partial charge in [-0.05, 0) is 48.7 Å². The molecular weight excluding hydrogens is 304 g/mol. The maximum absolute atomic E-state index is 12.4. The number of carbonyl (C=O) groups is 2. The molecule has 0 aliphatic heterocycles. The van der Waals surface area contributed by atoms with Crippen molar-refractivity contribution in [1.29, 1.82) is 0 Å². The van der Waals surface area contributed by atoms with E-state index in [2.05, 4.69) is 24.5 Å². The lowest BCUT2D eigenvalue weighted by atomic mass is 10.0. The van der Waals surface area contributed by atoms with E-state index < -0.39 is 6.09 Å². The van der Waals surface area contributed by atoms with E-state index in [0.29, 0.717) is 23.8 Å². The van der Waals surface area contributed by atoms with E-state index in [1.165, 1.54) is 0 Å². The molecule has 0 aliphatic carbocycles.